The fourth-order valence-corrected chi connectivity index (χ4v) is 2.80. The van der Waals surface area contributed by atoms with E-state index in [-0.39, 0.29) is 34.5 Å². The van der Waals surface area contributed by atoms with Crippen LogP contribution in [0.5, 0.6) is 5.75 Å². The minimum absolute atomic E-state index is 0.120. The zero-order chi connectivity index (χ0) is 22.0. The van der Waals surface area contributed by atoms with Crippen LogP contribution in [0.25, 0.3) is 0 Å². The molecule has 2 rings (SSSR count). The van der Waals surface area contributed by atoms with Crippen molar-refractivity contribution in [2.24, 2.45) is 10.7 Å². The lowest BCUT2D eigenvalue weighted by Gasteiger charge is -2.15. The second-order valence-electron chi connectivity index (χ2n) is 5.88. The molecule has 0 bridgehead atoms. The lowest BCUT2D eigenvalue weighted by atomic mass is 10.2. The number of aryl methyl sites for hydroxylation is 1. The smallest absolute Gasteiger partial charge is 0.269 e. The van der Waals surface area contributed by atoms with Gasteiger partial charge in [-0.3, -0.25) is 9.79 Å². The molecule has 0 unspecified atom stereocenters. The molecule has 29 heavy (non-hydrogen) atoms. The van der Waals surface area contributed by atoms with E-state index in [0.717, 1.165) is 18.0 Å². The summed E-state index contributed by atoms with van der Waals surface area (Å²) in [6.45, 7) is 6.97. The molecule has 0 saturated heterocycles. The van der Waals surface area contributed by atoms with E-state index in [9.17, 15) is 13.6 Å². The Hall–Kier alpha value is -2.13. The molecule has 2 aromatic rings. The lowest BCUT2D eigenvalue weighted by molar-refractivity contribution is 0.295. The van der Waals surface area contributed by atoms with Gasteiger partial charge in [-0.05, 0) is 54.9 Å². The van der Waals surface area contributed by atoms with Crippen molar-refractivity contribution in [3.63, 3.8) is 0 Å². The Morgan fingerprint density at radius 3 is 2.62 bits per heavy atom. The first kappa shape index (κ1) is 24.9. The Morgan fingerprint density at radius 2 is 2.10 bits per heavy atom. The second kappa shape index (κ2) is 12.4. The number of hydrogen-bond acceptors (Lipinski definition) is 5. The van der Waals surface area contributed by atoms with Crippen LogP contribution >= 0.6 is 27.7 Å². The first-order valence-electron chi connectivity index (χ1n) is 8.53. The van der Waals surface area contributed by atoms with Crippen LogP contribution in [-0.2, 0) is 13.2 Å². The van der Waals surface area contributed by atoms with E-state index in [1.54, 1.807) is 37.8 Å². The van der Waals surface area contributed by atoms with E-state index in [0.29, 0.717) is 11.4 Å². The monoisotopic (exact) mass is 487 g/mol. The molecule has 158 valence electrons. The molecule has 0 fully saturated rings. The Balaban J connectivity index is 0.000000749. The number of rotatable bonds is 7. The molecule has 0 saturated carbocycles. The Kier molecular flexibility index (Phi) is 10.7. The number of thioether (sulfide) groups is 1. The van der Waals surface area contributed by atoms with Gasteiger partial charge in [-0.25, -0.2) is 8.78 Å². The molecule has 0 radical (unpaired) electrons. The van der Waals surface area contributed by atoms with Crippen LogP contribution in [0.2, 0.25) is 0 Å². The highest BCUT2D eigenvalue weighted by molar-refractivity contribution is 9.10. The van der Waals surface area contributed by atoms with Crippen molar-refractivity contribution >= 4 is 34.4 Å². The van der Waals surface area contributed by atoms with E-state index in [1.807, 2.05) is 6.26 Å². The van der Waals surface area contributed by atoms with Crippen molar-refractivity contribution in [3.8, 4) is 5.75 Å². The number of halogens is 3. The standard InChI is InChI=1S/C17H17BrF2N2O2.C3H7NS/c1-3-13(21)8-22-10(2)6-15(16(18)17(22)23)24-9-11-4-5-12(19)7-14(11)20;1-4-3-5-2/h3-7H,8-9,21H2,1-2H3;1,3H2,2H3/b13-3-;. The van der Waals surface area contributed by atoms with E-state index in [4.69, 9.17) is 10.5 Å². The van der Waals surface area contributed by atoms with Crippen molar-refractivity contribution in [2.75, 3.05) is 12.1 Å². The first-order chi connectivity index (χ1) is 13.7. The number of aliphatic imine (C=N–C) groups is 1. The SMILES string of the molecule is C/C=C(\N)Cn1c(C)cc(OCc2ccc(F)cc2F)c(Br)c1=O.C=NCSC. The molecule has 0 amide bonds. The molecule has 9 heteroatoms. The van der Waals surface area contributed by atoms with Gasteiger partial charge >= 0.3 is 0 Å². The third-order valence-electron chi connectivity index (χ3n) is 3.75. The number of nitrogens with zero attached hydrogens (tertiary/aromatic N) is 2. The van der Waals surface area contributed by atoms with Gasteiger partial charge in [0, 0.05) is 29.1 Å². The predicted octanol–water partition coefficient (Wildman–Crippen LogP) is 4.65. The van der Waals surface area contributed by atoms with Gasteiger partial charge in [-0.15, -0.1) is 11.8 Å². The molecule has 1 aromatic heterocycles. The van der Waals surface area contributed by atoms with Crippen molar-refractivity contribution < 1.29 is 13.5 Å². The maximum atomic E-state index is 13.6. The van der Waals surface area contributed by atoms with Crippen LogP contribution in [0.3, 0.4) is 0 Å². The highest BCUT2D eigenvalue weighted by Gasteiger charge is 2.13. The van der Waals surface area contributed by atoms with E-state index < -0.39 is 11.6 Å². The summed E-state index contributed by atoms with van der Waals surface area (Å²) in [4.78, 5) is 16.0. The lowest BCUT2D eigenvalue weighted by Crippen LogP contribution is -2.26. The number of allylic oxidation sites excluding steroid dienone is 2. The molecular formula is C20H24BrF2N3O2S. The fraction of sp³-hybridized carbons (Fsp3) is 0.300. The van der Waals surface area contributed by atoms with E-state index in [1.165, 1.54) is 10.6 Å². The summed E-state index contributed by atoms with van der Waals surface area (Å²) in [5, 5.41) is 0. The number of ether oxygens (including phenoxy) is 1. The number of aromatic nitrogens is 1. The maximum absolute atomic E-state index is 13.6. The minimum atomic E-state index is -0.697. The third-order valence-corrected chi connectivity index (χ3v) is 4.92. The van der Waals surface area contributed by atoms with Crippen LogP contribution in [0.4, 0.5) is 8.78 Å². The van der Waals surface area contributed by atoms with Crippen molar-refractivity contribution in [3.05, 3.63) is 73.8 Å². The van der Waals surface area contributed by atoms with Gasteiger partial charge in [0.25, 0.3) is 5.56 Å². The van der Waals surface area contributed by atoms with Crippen LogP contribution in [0.15, 0.2) is 50.3 Å². The Labute approximate surface area is 181 Å². The second-order valence-corrected chi connectivity index (χ2v) is 7.51. The van der Waals surface area contributed by atoms with Gasteiger partial charge in [0.2, 0.25) is 0 Å². The summed E-state index contributed by atoms with van der Waals surface area (Å²) in [7, 11) is 0. The number of nitrogens with two attached hydrogens (primary N) is 1. The zero-order valence-corrected chi connectivity index (χ0v) is 18.9. The quantitative estimate of drug-likeness (QED) is 0.577. The topological polar surface area (TPSA) is 69.6 Å². The van der Waals surface area contributed by atoms with Gasteiger partial charge in [-0.1, -0.05) is 6.08 Å². The molecule has 2 N–H and O–H groups in total. The van der Waals surface area contributed by atoms with Crippen molar-refractivity contribution in [1.29, 1.82) is 0 Å². The molecule has 0 spiro atoms. The number of benzene rings is 1. The van der Waals surface area contributed by atoms with Gasteiger partial charge in [-0.2, -0.15) is 0 Å². The summed E-state index contributed by atoms with van der Waals surface area (Å²) in [5.74, 6) is -0.244. The largest absolute Gasteiger partial charge is 0.487 e. The van der Waals surface area contributed by atoms with Crippen molar-refractivity contribution in [2.45, 2.75) is 27.0 Å². The molecule has 1 heterocycles. The summed E-state index contributed by atoms with van der Waals surface area (Å²) < 4.78 is 33.8. The van der Waals surface area contributed by atoms with Crippen LogP contribution in [0.1, 0.15) is 18.2 Å². The molecular weight excluding hydrogens is 464 g/mol. The molecule has 0 atom stereocenters. The van der Waals surface area contributed by atoms with Gasteiger partial charge in [0.05, 0.1) is 12.4 Å². The van der Waals surface area contributed by atoms with Crippen LogP contribution < -0.4 is 16.0 Å². The first-order valence-corrected chi connectivity index (χ1v) is 10.7. The molecule has 0 aliphatic carbocycles. The number of hydrogen-bond donors (Lipinski definition) is 1. The summed E-state index contributed by atoms with van der Waals surface area (Å²) in [6.07, 6.45) is 3.72. The van der Waals surface area contributed by atoms with E-state index in [2.05, 4.69) is 27.6 Å². The minimum Gasteiger partial charge on any atom is -0.487 e. The average Bonchev–Trinajstić information content (AvgIpc) is 2.69. The summed E-state index contributed by atoms with van der Waals surface area (Å²) in [5.41, 5.74) is 6.90. The third kappa shape index (κ3) is 7.66. The van der Waals surface area contributed by atoms with Gasteiger partial charge in [0.15, 0.2) is 0 Å². The highest BCUT2D eigenvalue weighted by atomic mass is 79.9. The van der Waals surface area contributed by atoms with E-state index >= 15 is 0 Å². The molecule has 5 nitrogen and oxygen atoms in total. The summed E-state index contributed by atoms with van der Waals surface area (Å²) >= 11 is 4.88. The maximum Gasteiger partial charge on any atom is 0.269 e. The van der Waals surface area contributed by atoms with Crippen molar-refractivity contribution in [1.82, 2.24) is 4.57 Å². The van der Waals surface area contributed by atoms with Crippen LogP contribution in [-0.4, -0.2) is 23.4 Å². The molecule has 0 aliphatic rings. The fourth-order valence-electron chi connectivity index (χ4n) is 2.18. The Bertz CT molecular complexity index is 933. The Morgan fingerprint density at radius 1 is 1.41 bits per heavy atom. The van der Waals surface area contributed by atoms with Gasteiger partial charge in [0.1, 0.15) is 28.5 Å². The average molecular weight is 488 g/mol. The van der Waals surface area contributed by atoms with Gasteiger partial charge < -0.3 is 15.0 Å². The number of pyridine rings is 1. The predicted molar refractivity (Wildman–Crippen MR) is 120 cm³/mol. The molecule has 1 aromatic carbocycles. The zero-order valence-electron chi connectivity index (χ0n) is 16.5. The molecule has 0 aliphatic heterocycles. The summed E-state index contributed by atoms with van der Waals surface area (Å²) in [6, 6.07) is 4.91. The normalized spacial score (nSPS) is 10.9. The van der Waals surface area contributed by atoms with Crippen LogP contribution in [0, 0.1) is 18.6 Å². The highest BCUT2D eigenvalue weighted by Crippen LogP contribution is 2.24.